The van der Waals surface area contributed by atoms with Gasteiger partial charge in [0.2, 0.25) is 5.91 Å². The van der Waals surface area contributed by atoms with E-state index in [1.807, 2.05) is 54.6 Å². The van der Waals surface area contributed by atoms with Gasteiger partial charge in [-0.1, -0.05) is 54.6 Å². The van der Waals surface area contributed by atoms with Crippen LogP contribution in [0.15, 0.2) is 78.9 Å². The van der Waals surface area contributed by atoms with Crippen LogP contribution in [0, 0.1) is 11.3 Å². The molecule has 2 heterocycles. The summed E-state index contributed by atoms with van der Waals surface area (Å²) in [7, 11) is 1.63. The predicted molar refractivity (Wildman–Crippen MR) is 152 cm³/mol. The molecule has 0 unspecified atom stereocenters. The van der Waals surface area contributed by atoms with Gasteiger partial charge in [0.1, 0.15) is 11.4 Å². The Balaban J connectivity index is 1.31. The topological polar surface area (TPSA) is 94.4 Å². The van der Waals surface area contributed by atoms with Gasteiger partial charge in [0.25, 0.3) is 0 Å². The zero-order chi connectivity index (χ0) is 27.0. The van der Waals surface area contributed by atoms with E-state index in [1.165, 1.54) is 5.56 Å². The molecule has 0 saturated carbocycles. The minimum atomic E-state index is -1.06. The Kier molecular flexibility index (Phi) is 8.29. The third kappa shape index (κ3) is 6.33. The number of fused-ring (bicyclic) bond motifs is 1. The van der Waals surface area contributed by atoms with Crippen molar-refractivity contribution < 1.29 is 9.53 Å². The maximum atomic E-state index is 13.2. The molecule has 1 atom stereocenters. The lowest BCUT2D eigenvalue weighted by Gasteiger charge is -2.36. The molecule has 0 spiro atoms. The summed E-state index contributed by atoms with van der Waals surface area (Å²) in [6.07, 6.45) is 0.646. The predicted octanol–water partition coefficient (Wildman–Crippen LogP) is 3.93. The van der Waals surface area contributed by atoms with Crippen molar-refractivity contribution in [1.82, 2.24) is 20.2 Å². The second-order valence-corrected chi connectivity index (χ2v) is 9.62. The van der Waals surface area contributed by atoms with Crippen molar-refractivity contribution in [1.29, 1.82) is 5.26 Å². The highest BCUT2D eigenvalue weighted by Gasteiger charge is 2.30. The number of nitrogens with one attached hydrogen (secondary N) is 1. The zero-order valence-corrected chi connectivity index (χ0v) is 22.1. The molecule has 1 aliphatic rings. The van der Waals surface area contributed by atoms with Crippen molar-refractivity contribution >= 4 is 22.8 Å². The van der Waals surface area contributed by atoms with Crippen LogP contribution in [0.5, 0.6) is 5.75 Å². The van der Waals surface area contributed by atoms with Crippen molar-refractivity contribution in [2.45, 2.75) is 18.9 Å². The van der Waals surface area contributed by atoms with Gasteiger partial charge in [0, 0.05) is 39.3 Å². The van der Waals surface area contributed by atoms with Crippen molar-refractivity contribution in [3.63, 3.8) is 0 Å². The zero-order valence-electron chi connectivity index (χ0n) is 22.1. The number of carbonyl (C=O) groups excluding carboxylic acids is 1. The van der Waals surface area contributed by atoms with Crippen molar-refractivity contribution in [2.75, 3.05) is 44.7 Å². The normalized spacial score (nSPS) is 14.5. The summed E-state index contributed by atoms with van der Waals surface area (Å²) in [4.78, 5) is 27.5. The minimum Gasteiger partial charge on any atom is -0.497 e. The Bertz CT molecular complexity index is 1440. The highest BCUT2D eigenvalue weighted by Crippen LogP contribution is 2.28. The summed E-state index contributed by atoms with van der Waals surface area (Å²) in [5.41, 5.74) is 4.19. The van der Waals surface area contributed by atoms with Gasteiger partial charge < -0.3 is 15.0 Å². The monoisotopic (exact) mass is 520 g/mol. The fourth-order valence-electron chi connectivity index (χ4n) is 4.86. The lowest BCUT2D eigenvalue weighted by atomic mass is 10.0. The molecule has 3 aromatic carbocycles. The molecule has 4 aromatic rings. The van der Waals surface area contributed by atoms with Crippen LogP contribution in [0.1, 0.15) is 22.7 Å². The Labute approximate surface area is 228 Å². The van der Waals surface area contributed by atoms with Gasteiger partial charge in [-0.2, -0.15) is 5.26 Å². The van der Waals surface area contributed by atoms with E-state index >= 15 is 0 Å². The highest BCUT2D eigenvalue weighted by atomic mass is 16.5. The molecule has 1 N–H and O–H groups in total. The number of para-hydroxylation sites is 2. The molecule has 8 nitrogen and oxygen atoms in total. The number of ether oxygens (including phenoxy) is 1. The number of hydrogen-bond donors (Lipinski definition) is 1. The molecule has 198 valence electrons. The van der Waals surface area contributed by atoms with Gasteiger partial charge in [0.05, 0.1) is 24.2 Å². The van der Waals surface area contributed by atoms with Crippen LogP contribution in [0.25, 0.3) is 11.0 Å². The summed E-state index contributed by atoms with van der Waals surface area (Å²) in [6, 6.07) is 28.0. The average molecular weight is 521 g/mol. The van der Waals surface area contributed by atoms with E-state index < -0.39 is 5.92 Å². The number of nitrogens with zero attached hydrogens (tertiary/aromatic N) is 5. The van der Waals surface area contributed by atoms with Crippen LogP contribution >= 0.6 is 0 Å². The lowest BCUT2D eigenvalue weighted by molar-refractivity contribution is -0.121. The molecule has 8 heteroatoms. The largest absolute Gasteiger partial charge is 0.497 e. The molecule has 39 heavy (non-hydrogen) atoms. The maximum absolute atomic E-state index is 13.2. The quantitative estimate of drug-likeness (QED) is 0.357. The molecule has 1 fully saturated rings. The van der Waals surface area contributed by atoms with Gasteiger partial charge in [-0.15, -0.1) is 0 Å². The number of piperazine rings is 1. The van der Waals surface area contributed by atoms with Crippen molar-refractivity contribution in [3.8, 4) is 11.8 Å². The van der Waals surface area contributed by atoms with E-state index in [0.717, 1.165) is 49.6 Å². The molecule has 0 aliphatic carbocycles. The SMILES string of the molecule is COc1ccc(CCNC(=O)[C@@H](C#N)c2nc3ccccc3nc2N2CCN(Cc3ccccc3)CC2)cc1. The smallest absolute Gasteiger partial charge is 0.243 e. The first kappa shape index (κ1) is 26.1. The number of carbonyl (C=O) groups is 1. The first-order valence-corrected chi connectivity index (χ1v) is 13.2. The van der Waals surface area contributed by atoms with Crippen molar-refractivity contribution in [3.05, 3.63) is 95.7 Å². The van der Waals surface area contributed by atoms with E-state index in [1.54, 1.807) is 7.11 Å². The van der Waals surface area contributed by atoms with Crippen LogP contribution in [-0.4, -0.2) is 60.6 Å². The first-order valence-electron chi connectivity index (χ1n) is 13.2. The summed E-state index contributed by atoms with van der Waals surface area (Å²) in [6.45, 7) is 4.50. The Hall–Kier alpha value is -4.48. The number of anilines is 1. The Morgan fingerprint density at radius 3 is 2.26 bits per heavy atom. The van der Waals surface area contributed by atoms with Crippen molar-refractivity contribution in [2.24, 2.45) is 0 Å². The lowest BCUT2D eigenvalue weighted by Crippen LogP contribution is -2.47. The molecular weight excluding hydrogens is 488 g/mol. The molecule has 1 amide bonds. The van der Waals surface area contributed by atoms with E-state index in [0.29, 0.717) is 30.0 Å². The summed E-state index contributed by atoms with van der Waals surface area (Å²) >= 11 is 0. The van der Waals surface area contributed by atoms with Gasteiger partial charge in [-0.25, -0.2) is 9.97 Å². The van der Waals surface area contributed by atoms with Crippen LogP contribution in [0.2, 0.25) is 0 Å². The second kappa shape index (κ2) is 12.4. The number of aromatic nitrogens is 2. The molecule has 0 bridgehead atoms. The molecule has 5 rings (SSSR count). The summed E-state index contributed by atoms with van der Waals surface area (Å²) in [5, 5.41) is 13.0. The number of methoxy groups -OCH3 is 1. The number of hydrogen-bond acceptors (Lipinski definition) is 7. The van der Waals surface area contributed by atoms with Gasteiger partial charge in [-0.3, -0.25) is 9.69 Å². The first-order chi connectivity index (χ1) is 19.1. The molecule has 1 saturated heterocycles. The highest BCUT2D eigenvalue weighted by molar-refractivity contribution is 5.88. The summed E-state index contributed by atoms with van der Waals surface area (Å²) in [5.74, 6) is -0.0181. The maximum Gasteiger partial charge on any atom is 0.243 e. The van der Waals surface area contributed by atoms with E-state index in [2.05, 4.69) is 45.5 Å². The average Bonchev–Trinajstić information content (AvgIpc) is 2.98. The Morgan fingerprint density at radius 1 is 0.923 bits per heavy atom. The number of nitriles is 1. The fourth-order valence-corrected chi connectivity index (χ4v) is 4.86. The number of amides is 1. The fraction of sp³-hybridized carbons (Fsp3) is 0.290. The van der Waals surface area contributed by atoms with Gasteiger partial charge in [-0.05, 0) is 41.8 Å². The van der Waals surface area contributed by atoms with Crippen LogP contribution < -0.4 is 15.0 Å². The van der Waals surface area contributed by atoms with Gasteiger partial charge in [0.15, 0.2) is 11.7 Å². The van der Waals surface area contributed by atoms with Gasteiger partial charge >= 0.3 is 0 Å². The molecule has 0 radical (unpaired) electrons. The van der Waals surface area contributed by atoms with E-state index in [-0.39, 0.29) is 5.91 Å². The van der Waals surface area contributed by atoms with Crippen LogP contribution in [0.4, 0.5) is 5.82 Å². The van der Waals surface area contributed by atoms with E-state index in [9.17, 15) is 10.1 Å². The third-order valence-electron chi connectivity index (χ3n) is 7.04. The standard InChI is InChI=1S/C31H32N6O2/c1-39-25-13-11-23(12-14-25)15-16-33-31(38)26(21-32)29-30(35-28-10-6-5-9-27(28)34-29)37-19-17-36(18-20-37)22-24-7-3-2-4-8-24/h2-14,26H,15-20,22H2,1H3,(H,33,38)/t26-/m0/s1. The van der Waals surface area contributed by atoms with Crippen LogP contribution in [0.3, 0.4) is 0 Å². The molecule has 1 aliphatic heterocycles. The second-order valence-electron chi connectivity index (χ2n) is 9.62. The summed E-state index contributed by atoms with van der Waals surface area (Å²) < 4.78 is 5.21. The Morgan fingerprint density at radius 2 is 1.59 bits per heavy atom. The molecular formula is C31H32N6O2. The third-order valence-corrected chi connectivity index (χ3v) is 7.04. The number of rotatable bonds is 9. The molecule has 1 aromatic heterocycles. The number of benzene rings is 3. The minimum absolute atomic E-state index is 0.362. The van der Waals surface area contributed by atoms with E-state index in [4.69, 9.17) is 14.7 Å². The van der Waals surface area contributed by atoms with Crippen LogP contribution in [-0.2, 0) is 17.8 Å².